The van der Waals surface area contributed by atoms with Crippen molar-refractivity contribution in [3.63, 3.8) is 0 Å². The van der Waals surface area contributed by atoms with E-state index < -0.39 is 0 Å². The van der Waals surface area contributed by atoms with Gasteiger partial charge in [0.05, 0.1) is 48.5 Å². The number of para-hydroxylation sites is 2. The second kappa shape index (κ2) is 26.2. The molecule has 420 valence electrons. The van der Waals surface area contributed by atoms with Crippen LogP contribution in [0.2, 0.25) is 0 Å². The van der Waals surface area contributed by atoms with Crippen LogP contribution < -0.4 is 31.9 Å². The number of urea groups is 1. The van der Waals surface area contributed by atoms with Gasteiger partial charge in [0.1, 0.15) is 0 Å². The van der Waals surface area contributed by atoms with Gasteiger partial charge >= 0.3 is 6.03 Å². The van der Waals surface area contributed by atoms with Crippen LogP contribution in [-0.4, -0.2) is 144 Å². The second-order valence-corrected chi connectivity index (χ2v) is 22.1. The number of amides is 5. The monoisotopic (exact) mass is 1130 g/mol. The molecular formula is C62H71N13O4S2. The zero-order chi connectivity index (χ0) is 56.1. The van der Waals surface area contributed by atoms with Crippen LogP contribution in [0.4, 0.5) is 21.9 Å². The number of carbonyl (C=O) groups is 4. The van der Waals surface area contributed by atoms with Crippen molar-refractivity contribution >= 4 is 75.5 Å². The van der Waals surface area contributed by atoms with E-state index in [9.17, 15) is 19.2 Å². The van der Waals surface area contributed by atoms with E-state index in [1.54, 1.807) is 12.4 Å². The van der Waals surface area contributed by atoms with E-state index in [1.807, 2.05) is 159 Å². The number of nitrogens with one attached hydrogen (secondary N) is 6. The zero-order valence-corrected chi connectivity index (χ0v) is 47.2. The third-order valence-corrected chi connectivity index (χ3v) is 17.0. The van der Waals surface area contributed by atoms with E-state index in [1.165, 1.54) is 0 Å². The summed E-state index contributed by atoms with van der Waals surface area (Å²) in [6.45, 7) is 7.57. The van der Waals surface area contributed by atoms with E-state index in [2.05, 4.69) is 70.9 Å². The zero-order valence-electron chi connectivity index (χ0n) is 45.6. The molecule has 6 aromatic rings. The van der Waals surface area contributed by atoms with Crippen LogP contribution in [0.1, 0.15) is 55.2 Å². The molecule has 12 rings (SSSR count). The Kier molecular flexibility index (Phi) is 18.3. The van der Waals surface area contributed by atoms with Crippen molar-refractivity contribution in [2.24, 2.45) is 0 Å². The first-order valence-corrected chi connectivity index (χ1v) is 28.8. The van der Waals surface area contributed by atoms with Gasteiger partial charge in [-0.25, -0.2) is 4.79 Å². The summed E-state index contributed by atoms with van der Waals surface area (Å²) < 4.78 is 0. The first-order valence-electron chi connectivity index (χ1n) is 28.0. The smallest absolute Gasteiger partial charge is 0.321 e. The van der Waals surface area contributed by atoms with E-state index in [4.69, 9.17) is 24.4 Å². The maximum absolute atomic E-state index is 12.5. The van der Waals surface area contributed by atoms with Gasteiger partial charge in [-0.15, -0.1) is 0 Å². The highest BCUT2D eigenvalue weighted by Gasteiger charge is 2.49. The molecule has 6 aliphatic heterocycles. The van der Waals surface area contributed by atoms with Crippen LogP contribution in [0.5, 0.6) is 0 Å². The fraction of sp³-hybridized carbons (Fsp3) is 0.339. The van der Waals surface area contributed by atoms with Gasteiger partial charge in [-0.1, -0.05) is 127 Å². The average molecular weight is 1130 g/mol. The second-order valence-electron chi connectivity index (χ2n) is 21.3. The van der Waals surface area contributed by atoms with Crippen LogP contribution in [0.15, 0.2) is 176 Å². The third kappa shape index (κ3) is 13.9. The molecule has 3 spiro atoms. The predicted molar refractivity (Wildman–Crippen MR) is 324 cm³/mol. The lowest BCUT2D eigenvalue weighted by Gasteiger charge is -2.45. The quantitative estimate of drug-likeness (QED) is 0.0780. The van der Waals surface area contributed by atoms with Gasteiger partial charge in [-0.05, 0) is 77.5 Å². The van der Waals surface area contributed by atoms with Gasteiger partial charge in [0.25, 0.3) is 0 Å². The molecule has 19 heteroatoms. The van der Waals surface area contributed by atoms with Crippen molar-refractivity contribution in [3.8, 4) is 0 Å². The summed E-state index contributed by atoms with van der Waals surface area (Å²) in [6, 6.07) is 53.6. The molecule has 5 amide bonds. The Morgan fingerprint density at radius 1 is 0.420 bits per heavy atom. The molecule has 0 aliphatic carbocycles. The molecule has 6 fully saturated rings. The number of thiocarbonyl (C=S) groups is 2. The minimum atomic E-state index is -0.351. The summed E-state index contributed by atoms with van der Waals surface area (Å²) in [5.41, 5.74) is 5.25. The normalized spacial score (nSPS) is 18.7. The topological polar surface area (TPSA) is 173 Å². The molecule has 1 aromatic heterocycles. The lowest BCUT2D eigenvalue weighted by atomic mass is 9.95. The largest absolute Gasteiger partial charge is 0.349 e. The average Bonchev–Trinajstić information content (AvgIpc) is 4.23. The first kappa shape index (κ1) is 56.5. The molecule has 6 aliphatic rings. The molecule has 0 atom stereocenters. The molecule has 0 radical (unpaired) electrons. The van der Waals surface area contributed by atoms with Crippen molar-refractivity contribution in [3.05, 3.63) is 193 Å². The molecule has 6 N–H and O–H groups in total. The third-order valence-electron chi connectivity index (χ3n) is 16.3. The highest BCUT2D eigenvalue weighted by molar-refractivity contribution is 7.80. The van der Waals surface area contributed by atoms with Gasteiger partial charge in [-0.2, -0.15) is 0 Å². The van der Waals surface area contributed by atoms with E-state index in [-0.39, 0.29) is 40.7 Å². The van der Waals surface area contributed by atoms with Gasteiger partial charge in [0, 0.05) is 115 Å². The lowest BCUT2D eigenvalue weighted by molar-refractivity contribution is -0.133. The Hall–Kier alpha value is -7.81. The number of carbonyl (C=O) groups excluding carboxylic acids is 4. The number of anilines is 3. The van der Waals surface area contributed by atoms with Gasteiger partial charge in [-0.3, -0.25) is 35.3 Å². The highest BCUT2D eigenvalue weighted by Crippen LogP contribution is 2.35. The first-order chi connectivity index (χ1) is 39.5. The molecule has 0 saturated carbocycles. The number of benzene rings is 5. The SMILES string of the molecule is O=C(Nc1ccccc1)N1CCC2(CC1)NCC(=O)N2Cc1ccccc1.O=C1CNC2(CCN(C(=S)Nc3ccccc3)CC2)N1Cc1ccccc1.O=C1CNC2(CCN(C(=S)Nc3cccnc3)CC2)N1Cc1ccccc1. The maximum atomic E-state index is 12.5. The summed E-state index contributed by atoms with van der Waals surface area (Å²) in [6.07, 6.45) is 8.38. The van der Waals surface area contributed by atoms with Crippen LogP contribution >= 0.6 is 24.4 Å². The maximum Gasteiger partial charge on any atom is 0.321 e. The highest BCUT2D eigenvalue weighted by atomic mass is 32.1. The lowest BCUT2D eigenvalue weighted by Crippen LogP contribution is -2.59. The van der Waals surface area contributed by atoms with E-state index in [0.717, 1.165) is 104 Å². The Balaban J connectivity index is 0.000000136. The summed E-state index contributed by atoms with van der Waals surface area (Å²) in [7, 11) is 0. The molecule has 0 bridgehead atoms. The van der Waals surface area contributed by atoms with Crippen molar-refractivity contribution < 1.29 is 19.2 Å². The van der Waals surface area contributed by atoms with Crippen LogP contribution in [-0.2, 0) is 34.0 Å². The molecule has 6 saturated heterocycles. The van der Waals surface area contributed by atoms with Gasteiger partial charge < -0.3 is 45.3 Å². The van der Waals surface area contributed by atoms with E-state index in [0.29, 0.717) is 57.5 Å². The van der Waals surface area contributed by atoms with Gasteiger partial charge in [0.2, 0.25) is 17.7 Å². The number of rotatable bonds is 9. The fourth-order valence-electron chi connectivity index (χ4n) is 11.7. The van der Waals surface area contributed by atoms with Gasteiger partial charge in [0.15, 0.2) is 10.2 Å². The molecule has 0 unspecified atom stereocenters. The number of pyridine rings is 1. The molecule has 7 heterocycles. The summed E-state index contributed by atoms with van der Waals surface area (Å²) in [5, 5.41) is 21.3. The number of aromatic nitrogens is 1. The standard InChI is InChI=1S/C21H24N4O2.C21H24N4OS.C20H23N5OS/c2*26-19-15-22-21(25(19)16-17-7-3-1-4-8-17)11-13-24(14-12-21)20(27)23-18-9-5-2-6-10-18;26-18-14-22-20(25(18)15-16-5-2-1-3-6-16)8-11-24(12-9-20)19(27)23-17-7-4-10-21-13-17/h2*1-10,22H,11-16H2,(H,23,27);1-7,10,13,22H,8-9,11-12,14-15H2,(H,23,27). The fourth-order valence-corrected chi connectivity index (χ4v) is 12.3. The Morgan fingerprint density at radius 3 is 1.07 bits per heavy atom. The van der Waals surface area contributed by atoms with Crippen molar-refractivity contribution in [1.82, 2.24) is 50.3 Å². The molecule has 81 heavy (non-hydrogen) atoms. The number of likely N-dealkylation sites (tertiary alicyclic amines) is 3. The Bertz CT molecular complexity index is 2740. The molecule has 5 aromatic carbocycles. The van der Waals surface area contributed by atoms with E-state index >= 15 is 0 Å². The summed E-state index contributed by atoms with van der Waals surface area (Å²) >= 11 is 11.2. The van der Waals surface area contributed by atoms with Crippen LogP contribution in [0.3, 0.4) is 0 Å². The minimum Gasteiger partial charge on any atom is -0.349 e. The summed E-state index contributed by atoms with van der Waals surface area (Å²) in [4.78, 5) is 66.3. The number of hydrogen-bond donors (Lipinski definition) is 6. The van der Waals surface area contributed by atoms with Crippen molar-refractivity contribution in [1.29, 1.82) is 0 Å². The number of piperidine rings is 3. The summed E-state index contributed by atoms with van der Waals surface area (Å²) in [5.74, 6) is 0.474. The van der Waals surface area contributed by atoms with Crippen LogP contribution in [0, 0.1) is 0 Å². The number of hydrogen-bond acceptors (Lipinski definition) is 10. The van der Waals surface area contributed by atoms with Crippen LogP contribution in [0.25, 0.3) is 0 Å². The number of nitrogens with zero attached hydrogens (tertiary/aromatic N) is 7. The molecular weight excluding hydrogens is 1050 g/mol. The van der Waals surface area contributed by atoms with Crippen molar-refractivity contribution in [2.75, 3.05) is 74.9 Å². The molecule has 17 nitrogen and oxygen atoms in total. The Labute approximate surface area is 485 Å². The van der Waals surface area contributed by atoms with Crippen molar-refractivity contribution in [2.45, 2.75) is 75.1 Å². The predicted octanol–water partition coefficient (Wildman–Crippen LogP) is 7.65. The Morgan fingerprint density at radius 2 is 0.728 bits per heavy atom. The minimum absolute atomic E-state index is 0.0880.